The van der Waals surface area contributed by atoms with E-state index in [0.29, 0.717) is 11.1 Å². The fourth-order valence-corrected chi connectivity index (χ4v) is 3.12. The molecule has 0 saturated carbocycles. The summed E-state index contributed by atoms with van der Waals surface area (Å²) in [5.74, 6) is 0.997. The quantitative estimate of drug-likeness (QED) is 0.891. The molecule has 0 spiro atoms. The minimum atomic E-state index is 0.336. The van der Waals surface area contributed by atoms with E-state index in [-0.39, 0.29) is 0 Å². The second-order valence-corrected chi connectivity index (χ2v) is 6.26. The second kappa shape index (κ2) is 6.80. The molecule has 1 heterocycles. The maximum Gasteiger partial charge on any atom is 0.161 e. The maximum atomic E-state index is 6.13. The van der Waals surface area contributed by atoms with Gasteiger partial charge < -0.3 is 10.1 Å². The van der Waals surface area contributed by atoms with Crippen molar-refractivity contribution in [1.82, 2.24) is 0 Å². The molecule has 0 aromatic heterocycles. The van der Waals surface area contributed by atoms with Gasteiger partial charge in [-0.05, 0) is 24.6 Å². The highest BCUT2D eigenvalue weighted by Crippen LogP contribution is 2.28. The third kappa shape index (κ3) is 3.88. The summed E-state index contributed by atoms with van der Waals surface area (Å²) in [4.78, 5) is 4.61. The fourth-order valence-electron chi connectivity index (χ4n) is 1.59. The van der Waals surface area contributed by atoms with E-state index in [9.17, 15) is 0 Å². The summed E-state index contributed by atoms with van der Waals surface area (Å²) in [6.07, 6.45) is 0.959. The van der Waals surface area contributed by atoms with E-state index < -0.39 is 0 Å². The van der Waals surface area contributed by atoms with Gasteiger partial charge in [-0.25, -0.2) is 0 Å². The SMILES string of the molecule is COCCC1CSC(Nc2cc(Br)ccc2Cl)=N1. The molecule has 3 nitrogen and oxygen atoms in total. The number of hydrogen-bond acceptors (Lipinski definition) is 4. The molecule has 1 atom stereocenters. The molecule has 1 aliphatic rings. The molecule has 2 rings (SSSR count). The van der Waals surface area contributed by atoms with Gasteiger partial charge in [0.15, 0.2) is 5.17 Å². The van der Waals surface area contributed by atoms with Crippen LogP contribution in [0.2, 0.25) is 5.02 Å². The topological polar surface area (TPSA) is 33.6 Å². The molecule has 0 aliphatic carbocycles. The standard InChI is InChI=1S/C12H14BrClN2OS/c1-17-5-4-9-7-18-12(15-9)16-11-6-8(13)2-3-10(11)14/h2-3,6,9H,4-5,7H2,1H3,(H,15,16). The van der Waals surface area contributed by atoms with E-state index in [1.165, 1.54) is 0 Å². The van der Waals surface area contributed by atoms with Crippen molar-refractivity contribution in [3.05, 3.63) is 27.7 Å². The minimum Gasteiger partial charge on any atom is -0.385 e. The van der Waals surface area contributed by atoms with E-state index in [1.54, 1.807) is 18.9 Å². The Labute approximate surface area is 124 Å². The van der Waals surface area contributed by atoms with Gasteiger partial charge in [0.05, 0.1) is 16.8 Å². The number of methoxy groups -OCH3 is 1. The van der Waals surface area contributed by atoms with Gasteiger partial charge in [0.25, 0.3) is 0 Å². The first kappa shape index (κ1) is 14.2. The van der Waals surface area contributed by atoms with Crippen molar-refractivity contribution >= 4 is 50.1 Å². The van der Waals surface area contributed by atoms with Crippen LogP contribution >= 0.6 is 39.3 Å². The molecular weight excluding hydrogens is 336 g/mol. The van der Waals surface area contributed by atoms with Gasteiger partial charge in [-0.15, -0.1) is 0 Å². The average Bonchev–Trinajstić information content (AvgIpc) is 2.79. The van der Waals surface area contributed by atoms with Crippen LogP contribution < -0.4 is 5.32 Å². The number of benzene rings is 1. The van der Waals surface area contributed by atoms with Crippen molar-refractivity contribution in [2.45, 2.75) is 12.5 Å². The number of nitrogens with zero attached hydrogens (tertiary/aromatic N) is 1. The Hall–Kier alpha value is -0.230. The van der Waals surface area contributed by atoms with Crippen molar-refractivity contribution in [2.24, 2.45) is 4.99 Å². The molecule has 0 bridgehead atoms. The molecule has 0 saturated heterocycles. The van der Waals surface area contributed by atoms with Crippen LogP contribution in [-0.4, -0.2) is 30.7 Å². The smallest absolute Gasteiger partial charge is 0.161 e. The Balaban J connectivity index is 1.99. The lowest BCUT2D eigenvalue weighted by Gasteiger charge is -2.07. The summed E-state index contributed by atoms with van der Waals surface area (Å²) in [5, 5.41) is 4.89. The normalized spacial score (nSPS) is 18.8. The molecule has 0 radical (unpaired) electrons. The molecule has 18 heavy (non-hydrogen) atoms. The summed E-state index contributed by atoms with van der Waals surface area (Å²) in [6, 6.07) is 6.06. The first-order valence-corrected chi connectivity index (χ1v) is 7.76. The van der Waals surface area contributed by atoms with Gasteiger partial charge in [-0.3, -0.25) is 4.99 Å². The van der Waals surface area contributed by atoms with E-state index in [1.807, 2.05) is 18.2 Å². The molecule has 1 aromatic rings. The highest BCUT2D eigenvalue weighted by Gasteiger charge is 2.18. The first-order chi connectivity index (χ1) is 8.69. The Morgan fingerprint density at radius 1 is 1.61 bits per heavy atom. The fraction of sp³-hybridized carbons (Fsp3) is 0.417. The molecular formula is C12H14BrClN2OS. The predicted molar refractivity (Wildman–Crippen MR) is 82.9 cm³/mol. The zero-order valence-electron chi connectivity index (χ0n) is 9.95. The number of amidine groups is 1. The number of halogens is 2. The van der Waals surface area contributed by atoms with E-state index in [0.717, 1.165) is 34.1 Å². The lowest BCUT2D eigenvalue weighted by atomic mass is 10.2. The molecule has 98 valence electrons. The number of hydrogen-bond donors (Lipinski definition) is 1. The summed E-state index contributed by atoms with van der Waals surface area (Å²) in [7, 11) is 1.71. The van der Waals surface area contributed by atoms with Gasteiger partial charge in [0, 0.05) is 23.9 Å². The Bertz CT molecular complexity index is 456. The van der Waals surface area contributed by atoms with Gasteiger partial charge in [-0.1, -0.05) is 39.3 Å². The van der Waals surface area contributed by atoms with Crippen LogP contribution in [0.15, 0.2) is 27.7 Å². The summed E-state index contributed by atoms with van der Waals surface area (Å²) in [5.41, 5.74) is 0.879. The van der Waals surface area contributed by atoms with E-state index in [4.69, 9.17) is 16.3 Å². The third-order valence-electron chi connectivity index (χ3n) is 2.54. The van der Waals surface area contributed by atoms with Crippen molar-refractivity contribution in [1.29, 1.82) is 0 Å². The van der Waals surface area contributed by atoms with Crippen LogP contribution in [0.4, 0.5) is 5.69 Å². The highest BCUT2D eigenvalue weighted by atomic mass is 79.9. The molecule has 1 aliphatic heterocycles. The van der Waals surface area contributed by atoms with Crippen LogP contribution in [0.5, 0.6) is 0 Å². The van der Waals surface area contributed by atoms with Gasteiger partial charge in [0.2, 0.25) is 0 Å². The van der Waals surface area contributed by atoms with Gasteiger partial charge in [0.1, 0.15) is 0 Å². The molecule has 0 amide bonds. The van der Waals surface area contributed by atoms with E-state index >= 15 is 0 Å². The average molecular weight is 350 g/mol. The third-order valence-corrected chi connectivity index (χ3v) is 4.39. The van der Waals surface area contributed by atoms with Crippen LogP contribution in [-0.2, 0) is 4.74 Å². The number of thioether (sulfide) groups is 1. The Morgan fingerprint density at radius 2 is 2.44 bits per heavy atom. The van der Waals surface area contributed by atoms with Crippen LogP contribution in [0, 0.1) is 0 Å². The monoisotopic (exact) mass is 348 g/mol. The Kier molecular flexibility index (Phi) is 5.36. The summed E-state index contributed by atoms with van der Waals surface area (Å²) in [6.45, 7) is 0.750. The predicted octanol–water partition coefficient (Wildman–Crippen LogP) is 4.02. The number of anilines is 1. The van der Waals surface area contributed by atoms with Crippen molar-refractivity contribution in [2.75, 3.05) is 24.8 Å². The van der Waals surface area contributed by atoms with Gasteiger partial charge in [-0.2, -0.15) is 0 Å². The van der Waals surface area contributed by atoms with Crippen molar-refractivity contribution < 1.29 is 4.74 Å². The number of ether oxygens (including phenoxy) is 1. The summed E-state index contributed by atoms with van der Waals surface area (Å²) >= 11 is 11.3. The first-order valence-electron chi connectivity index (χ1n) is 5.60. The van der Waals surface area contributed by atoms with Crippen LogP contribution in [0.25, 0.3) is 0 Å². The number of aliphatic imine (C=N–C) groups is 1. The van der Waals surface area contributed by atoms with Crippen molar-refractivity contribution in [3.8, 4) is 0 Å². The molecule has 6 heteroatoms. The van der Waals surface area contributed by atoms with Crippen molar-refractivity contribution in [3.63, 3.8) is 0 Å². The van der Waals surface area contributed by atoms with Crippen LogP contribution in [0.3, 0.4) is 0 Å². The number of nitrogens with one attached hydrogen (secondary N) is 1. The molecule has 0 fully saturated rings. The molecule has 1 aromatic carbocycles. The number of rotatable bonds is 4. The van der Waals surface area contributed by atoms with E-state index in [2.05, 4.69) is 26.2 Å². The zero-order valence-corrected chi connectivity index (χ0v) is 13.1. The zero-order chi connectivity index (χ0) is 13.0. The largest absolute Gasteiger partial charge is 0.385 e. The summed E-state index contributed by atoms with van der Waals surface area (Å²) < 4.78 is 6.06. The molecule has 1 unspecified atom stereocenters. The second-order valence-electron chi connectivity index (χ2n) is 3.93. The van der Waals surface area contributed by atoms with Crippen LogP contribution in [0.1, 0.15) is 6.42 Å². The lowest BCUT2D eigenvalue weighted by Crippen LogP contribution is -2.08. The highest BCUT2D eigenvalue weighted by molar-refractivity contribution is 9.10. The minimum absolute atomic E-state index is 0.336. The van der Waals surface area contributed by atoms with Gasteiger partial charge >= 0.3 is 0 Å². The maximum absolute atomic E-state index is 6.13. The lowest BCUT2D eigenvalue weighted by molar-refractivity contribution is 0.190. The molecule has 1 N–H and O–H groups in total. The Morgan fingerprint density at radius 3 is 3.22 bits per heavy atom.